The van der Waals surface area contributed by atoms with Crippen molar-refractivity contribution in [2.45, 2.75) is 13.5 Å². The molecule has 0 aliphatic heterocycles. The largest absolute Gasteiger partial charge is 0.462 e. The molecule has 0 amide bonds. The molecule has 0 atom stereocenters. The monoisotopic (exact) mass is 305 g/mol. The predicted molar refractivity (Wildman–Crippen MR) is 87.4 cm³/mol. The summed E-state index contributed by atoms with van der Waals surface area (Å²) in [6, 6.07) is 13.8. The summed E-state index contributed by atoms with van der Waals surface area (Å²) in [7, 11) is 0. The molecule has 6 nitrogen and oxygen atoms in total. The SMILES string of the molecule is Cc1ccoc1-c1nc(N)nc(NCc2ccccc2)c1C#N. The first-order valence-corrected chi connectivity index (χ1v) is 7.09. The molecule has 3 rings (SSSR count). The van der Waals surface area contributed by atoms with E-state index in [2.05, 4.69) is 21.4 Å². The Balaban J connectivity index is 1.99. The van der Waals surface area contributed by atoms with Crippen molar-refractivity contribution < 1.29 is 4.42 Å². The molecular weight excluding hydrogens is 290 g/mol. The van der Waals surface area contributed by atoms with Crippen molar-refractivity contribution >= 4 is 11.8 Å². The van der Waals surface area contributed by atoms with Gasteiger partial charge in [-0.05, 0) is 24.1 Å². The number of nitrogens with one attached hydrogen (secondary N) is 1. The van der Waals surface area contributed by atoms with E-state index in [1.165, 1.54) is 0 Å². The average molecular weight is 305 g/mol. The fourth-order valence-electron chi connectivity index (χ4n) is 2.27. The Labute approximate surface area is 133 Å². The van der Waals surface area contributed by atoms with Gasteiger partial charge in [0.05, 0.1) is 6.26 Å². The zero-order valence-corrected chi connectivity index (χ0v) is 12.6. The van der Waals surface area contributed by atoms with Gasteiger partial charge in [0.1, 0.15) is 17.3 Å². The molecule has 0 aliphatic carbocycles. The second kappa shape index (κ2) is 6.20. The zero-order chi connectivity index (χ0) is 16.2. The molecule has 23 heavy (non-hydrogen) atoms. The highest BCUT2D eigenvalue weighted by Gasteiger charge is 2.18. The van der Waals surface area contributed by atoms with Crippen LogP contribution >= 0.6 is 0 Å². The topological polar surface area (TPSA) is 101 Å². The first-order valence-electron chi connectivity index (χ1n) is 7.09. The van der Waals surface area contributed by atoms with Crippen LogP contribution in [-0.4, -0.2) is 9.97 Å². The number of nitriles is 1. The number of nitrogens with two attached hydrogens (primary N) is 1. The third-order valence-corrected chi connectivity index (χ3v) is 3.42. The van der Waals surface area contributed by atoms with Crippen molar-refractivity contribution in [2.75, 3.05) is 11.1 Å². The Morgan fingerprint density at radius 2 is 2.00 bits per heavy atom. The number of benzene rings is 1. The summed E-state index contributed by atoms with van der Waals surface area (Å²) in [6.45, 7) is 2.41. The van der Waals surface area contributed by atoms with E-state index >= 15 is 0 Å². The minimum absolute atomic E-state index is 0.0883. The number of anilines is 2. The van der Waals surface area contributed by atoms with Crippen LogP contribution in [0, 0.1) is 18.3 Å². The molecule has 0 spiro atoms. The van der Waals surface area contributed by atoms with Gasteiger partial charge in [-0.25, -0.2) is 4.98 Å². The summed E-state index contributed by atoms with van der Waals surface area (Å²) in [5.74, 6) is 1.01. The maximum Gasteiger partial charge on any atom is 0.222 e. The molecule has 0 radical (unpaired) electrons. The first-order chi connectivity index (χ1) is 11.2. The summed E-state index contributed by atoms with van der Waals surface area (Å²) >= 11 is 0. The van der Waals surface area contributed by atoms with E-state index in [0.717, 1.165) is 11.1 Å². The van der Waals surface area contributed by atoms with Crippen LogP contribution in [-0.2, 0) is 6.54 Å². The number of aryl methyl sites for hydroxylation is 1. The standard InChI is InChI=1S/C17H15N5O/c1-11-7-8-23-15(11)14-13(9-18)16(22-17(19)21-14)20-10-12-5-3-2-4-6-12/h2-8H,10H2,1H3,(H3,19,20,21,22). The van der Waals surface area contributed by atoms with Crippen LogP contribution in [0.2, 0.25) is 0 Å². The van der Waals surface area contributed by atoms with Gasteiger partial charge in [-0.15, -0.1) is 0 Å². The van der Waals surface area contributed by atoms with Crippen molar-refractivity contribution in [3.63, 3.8) is 0 Å². The summed E-state index contributed by atoms with van der Waals surface area (Å²) in [5, 5.41) is 12.7. The van der Waals surface area contributed by atoms with Gasteiger partial charge in [0.25, 0.3) is 0 Å². The lowest BCUT2D eigenvalue weighted by atomic mass is 10.1. The minimum atomic E-state index is 0.0883. The van der Waals surface area contributed by atoms with E-state index in [4.69, 9.17) is 10.2 Å². The molecule has 2 heterocycles. The normalized spacial score (nSPS) is 10.3. The molecule has 2 aromatic heterocycles. The lowest BCUT2D eigenvalue weighted by molar-refractivity contribution is 0.578. The first kappa shape index (κ1) is 14.6. The van der Waals surface area contributed by atoms with Gasteiger partial charge >= 0.3 is 0 Å². The minimum Gasteiger partial charge on any atom is -0.462 e. The van der Waals surface area contributed by atoms with Crippen molar-refractivity contribution in [1.82, 2.24) is 9.97 Å². The molecule has 0 saturated heterocycles. The van der Waals surface area contributed by atoms with Crippen molar-refractivity contribution in [3.8, 4) is 17.5 Å². The van der Waals surface area contributed by atoms with E-state index < -0.39 is 0 Å². The maximum absolute atomic E-state index is 9.52. The summed E-state index contributed by atoms with van der Waals surface area (Å²) in [5.41, 5.74) is 8.47. The Morgan fingerprint density at radius 3 is 2.65 bits per heavy atom. The number of hydrogen-bond acceptors (Lipinski definition) is 6. The molecule has 3 aromatic rings. The van der Waals surface area contributed by atoms with Gasteiger partial charge in [-0.2, -0.15) is 10.2 Å². The van der Waals surface area contributed by atoms with Gasteiger partial charge in [-0.1, -0.05) is 30.3 Å². The summed E-state index contributed by atoms with van der Waals surface area (Å²) in [4.78, 5) is 8.32. The number of furan rings is 1. The van der Waals surface area contributed by atoms with E-state index in [9.17, 15) is 5.26 Å². The van der Waals surface area contributed by atoms with Gasteiger partial charge in [0.2, 0.25) is 5.95 Å². The van der Waals surface area contributed by atoms with E-state index in [1.807, 2.05) is 43.3 Å². The van der Waals surface area contributed by atoms with Gasteiger partial charge in [0.15, 0.2) is 11.6 Å². The maximum atomic E-state index is 9.52. The van der Waals surface area contributed by atoms with Crippen LogP contribution < -0.4 is 11.1 Å². The highest BCUT2D eigenvalue weighted by Crippen LogP contribution is 2.29. The average Bonchev–Trinajstić information content (AvgIpc) is 2.99. The molecule has 0 aliphatic rings. The Bertz CT molecular complexity index is 864. The molecule has 6 heteroatoms. The van der Waals surface area contributed by atoms with Crippen LogP contribution in [0.4, 0.5) is 11.8 Å². The van der Waals surface area contributed by atoms with Crippen LogP contribution in [0.15, 0.2) is 47.1 Å². The summed E-state index contributed by atoms with van der Waals surface area (Å²) in [6.07, 6.45) is 1.56. The quantitative estimate of drug-likeness (QED) is 0.768. The smallest absolute Gasteiger partial charge is 0.222 e. The molecule has 3 N–H and O–H groups in total. The van der Waals surface area contributed by atoms with Crippen LogP contribution in [0.25, 0.3) is 11.5 Å². The fraction of sp³-hybridized carbons (Fsp3) is 0.118. The lowest BCUT2D eigenvalue weighted by Gasteiger charge is -2.10. The molecule has 1 aromatic carbocycles. The van der Waals surface area contributed by atoms with Crippen LogP contribution in [0.1, 0.15) is 16.7 Å². The zero-order valence-electron chi connectivity index (χ0n) is 12.6. The Kier molecular flexibility index (Phi) is 3.93. The second-order valence-electron chi connectivity index (χ2n) is 5.04. The molecular formula is C17H15N5O. The Morgan fingerprint density at radius 1 is 1.22 bits per heavy atom. The third-order valence-electron chi connectivity index (χ3n) is 3.42. The van der Waals surface area contributed by atoms with Gasteiger partial charge in [0, 0.05) is 6.54 Å². The molecule has 0 fully saturated rings. The van der Waals surface area contributed by atoms with E-state index in [-0.39, 0.29) is 5.95 Å². The van der Waals surface area contributed by atoms with Crippen molar-refractivity contribution in [3.05, 3.63) is 59.4 Å². The van der Waals surface area contributed by atoms with Crippen molar-refractivity contribution in [2.24, 2.45) is 0 Å². The lowest BCUT2D eigenvalue weighted by Crippen LogP contribution is -2.08. The van der Waals surface area contributed by atoms with Crippen molar-refractivity contribution in [1.29, 1.82) is 5.26 Å². The fourth-order valence-corrected chi connectivity index (χ4v) is 2.27. The third kappa shape index (κ3) is 2.99. The molecule has 0 unspecified atom stereocenters. The predicted octanol–water partition coefficient (Wildman–Crippen LogP) is 3.11. The van der Waals surface area contributed by atoms with Crippen LogP contribution in [0.5, 0.6) is 0 Å². The van der Waals surface area contributed by atoms with E-state index in [1.54, 1.807) is 6.26 Å². The number of nitrogens with zero attached hydrogens (tertiary/aromatic N) is 3. The number of nitrogen functional groups attached to an aromatic ring is 1. The number of aromatic nitrogens is 2. The van der Waals surface area contributed by atoms with Crippen LogP contribution in [0.3, 0.4) is 0 Å². The second-order valence-corrected chi connectivity index (χ2v) is 5.04. The highest BCUT2D eigenvalue weighted by molar-refractivity contribution is 5.72. The molecule has 0 bridgehead atoms. The molecule has 0 saturated carbocycles. The number of hydrogen-bond donors (Lipinski definition) is 2. The molecule has 114 valence electrons. The van der Waals surface area contributed by atoms with Gasteiger partial charge in [-0.3, -0.25) is 0 Å². The van der Waals surface area contributed by atoms with Gasteiger partial charge < -0.3 is 15.5 Å². The number of rotatable bonds is 4. The summed E-state index contributed by atoms with van der Waals surface area (Å²) < 4.78 is 5.44. The Hall–Kier alpha value is -3.33. The van der Waals surface area contributed by atoms with E-state index in [0.29, 0.717) is 29.4 Å². The highest BCUT2D eigenvalue weighted by atomic mass is 16.3.